The second-order valence-corrected chi connectivity index (χ2v) is 8.99. The van der Waals surface area contributed by atoms with Gasteiger partial charge in [-0.05, 0) is 62.1 Å². The maximum absolute atomic E-state index is 12.6. The van der Waals surface area contributed by atoms with Gasteiger partial charge in [-0.15, -0.1) is 0 Å². The molecule has 1 fully saturated rings. The number of nitrogens with one attached hydrogen (secondary N) is 3. The molecule has 31 heavy (non-hydrogen) atoms. The van der Waals surface area contributed by atoms with Crippen LogP contribution >= 0.6 is 0 Å². The molecule has 0 atom stereocenters. The molecule has 10 heteroatoms. The van der Waals surface area contributed by atoms with Gasteiger partial charge in [0.15, 0.2) is 0 Å². The number of fused-ring (bicyclic) bond motifs is 1. The third-order valence-electron chi connectivity index (χ3n) is 4.91. The molecule has 1 aliphatic rings. The van der Waals surface area contributed by atoms with Crippen LogP contribution in [0.15, 0.2) is 47.4 Å². The first kappa shape index (κ1) is 21.1. The number of hydrogen-bond donors (Lipinski definition) is 4. The Morgan fingerprint density at radius 3 is 2.65 bits per heavy atom. The summed E-state index contributed by atoms with van der Waals surface area (Å²) in [4.78, 5) is 19.2. The molecule has 1 heterocycles. The summed E-state index contributed by atoms with van der Waals surface area (Å²) < 4.78 is 30.5. The number of anilines is 2. The first-order valence-electron chi connectivity index (χ1n) is 10.1. The number of aliphatic hydroxyl groups excluding tert-OH is 1. The minimum Gasteiger partial charge on any atom is -0.396 e. The summed E-state index contributed by atoms with van der Waals surface area (Å²) in [6.45, 7) is 0.840. The molecule has 0 aliphatic heterocycles. The lowest BCUT2D eigenvalue weighted by Gasteiger charge is -2.09. The number of H-pyrrole nitrogens is 1. The number of carbonyl (C=O) groups is 1. The number of hydrogen-bond acceptors (Lipinski definition) is 7. The Labute approximate surface area is 180 Å². The normalized spacial score (nSPS) is 13.8. The van der Waals surface area contributed by atoms with Gasteiger partial charge in [0.25, 0.3) is 0 Å². The van der Waals surface area contributed by atoms with Crippen molar-refractivity contribution in [2.45, 2.75) is 30.6 Å². The van der Waals surface area contributed by atoms with Crippen molar-refractivity contribution in [3.05, 3.63) is 42.5 Å². The lowest BCUT2D eigenvalue weighted by Crippen LogP contribution is -2.14. The van der Waals surface area contributed by atoms with E-state index in [-0.39, 0.29) is 29.1 Å². The van der Waals surface area contributed by atoms with Gasteiger partial charge in [0.05, 0.1) is 11.0 Å². The number of nitrogens with zero attached hydrogens (tertiary/aromatic N) is 1. The summed E-state index contributed by atoms with van der Waals surface area (Å²) >= 11 is 0. The molecule has 1 saturated carbocycles. The Balaban J connectivity index is 1.42. The predicted molar refractivity (Wildman–Crippen MR) is 117 cm³/mol. The molecule has 1 aromatic heterocycles. The molecule has 3 aromatic rings. The first-order valence-corrected chi connectivity index (χ1v) is 11.6. The van der Waals surface area contributed by atoms with E-state index in [0.717, 1.165) is 24.9 Å². The number of benzene rings is 2. The van der Waals surface area contributed by atoms with E-state index in [9.17, 15) is 13.2 Å². The van der Waals surface area contributed by atoms with E-state index in [4.69, 9.17) is 9.29 Å². The fraction of sp³-hybridized carbons (Fsp3) is 0.333. The van der Waals surface area contributed by atoms with Crippen LogP contribution in [0.25, 0.3) is 11.0 Å². The average molecular weight is 445 g/mol. The first-order chi connectivity index (χ1) is 14.9. The third-order valence-corrected chi connectivity index (χ3v) is 6.17. The minimum atomic E-state index is -4.01. The zero-order valence-electron chi connectivity index (χ0n) is 16.8. The standard InChI is InChI=1S/C21H24N4O5S/c26-12-2-1-11-22-15-5-8-17(9-6-15)31(28,29)30-16-7-10-18-19(13-16)24-21(23-18)25-20(27)14-3-4-14/h5-10,13-14,22,26H,1-4,11-12H2,(H2,23,24,25,27). The van der Waals surface area contributed by atoms with Gasteiger partial charge in [-0.25, -0.2) is 4.98 Å². The number of aliphatic hydroxyl groups is 1. The topological polar surface area (TPSA) is 133 Å². The molecule has 1 aliphatic carbocycles. The molecule has 4 N–H and O–H groups in total. The molecule has 0 radical (unpaired) electrons. The average Bonchev–Trinajstić information content (AvgIpc) is 3.52. The van der Waals surface area contributed by atoms with E-state index in [1.165, 1.54) is 24.3 Å². The molecule has 2 aromatic carbocycles. The third kappa shape index (κ3) is 5.33. The molecule has 9 nitrogen and oxygen atoms in total. The lowest BCUT2D eigenvalue weighted by atomic mass is 10.3. The molecular formula is C21H24N4O5S. The molecule has 1 amide bonds. The van der Waals surface area contributed by atoms with Crippen molar-refractivity contribution in [2.24, 2.45) is 5.92 Å². The number of carbonyl (C=O) groups excluding carboxylic acids is 1. The summed E-state index contributed by atoms with van der Waals surface area (Å²) in [5.74, 6) is 0.447. The van der Waals surface area contributed by atoms with Crippen LogP contribution in [0.5, 0.6) is 5.75 Å². The summed E-state index contributed by atoms with van der Waals surface area (Å²) in [6, 6.07) is 11.0. The fourth-order valence-corrected chi connectivity index (χ4v) is 3.97. The molecular weight excluding hydrogens is 420 g/mol. The van der Waals surface area contributed by atoms with Crippen molar-refractivity contribution in [1.82, 2.24) is 9.97 Å². The number of rotatable bonds is 10. The van der Waals surface area contributed by atoms with Crippen molar-refractivity contribution in [2.75, 3.05) is 23.8 Å². The summed E-state index contributed by atoms with van der Waals surface area (Å²) in [5, 5.41) is 14.7. The Bertz CT molecular complexity index is 1170. The van der Waals surface area contributed by atoms with E-state index < -0.39 is 10.1 Å². The maximum Gasteiger partial charge on any atom is 0.339 e. The van der Waals surface area contributed by atoms with Gasteiger partial charge in [0, 0.05) is 30.8 Å². The minimum absolute atomic E-state index is 0.0351. The Morgan fingerprint density at radius 1 is 1.16 bits per heavy atom. The van der Waals surface area contributed by atoms with Crippen LogP contribution in [-0.2, 0) is 14.9 Å². The fourth-order valence-electron chi connectivity index (χ4n) is 3.04. The largest absolute Gasteiger partial charge is 0.396 e. The van der Waals surface area contributed by atoms with Crippen molar-refractivity contribution in [1.29, 1.82) is 0 Å². The van der Waals surface area contributed by atoms with Crippen LogP contribution in [0.4, 0.5) is 11.6 Å². The monoisotopic (exact) mass is 444 g/mol. The SMILES string of the molecule is O=C(Nc1nc2cc(OS(=O)(=O)c3ccc(NCCCCO)cc3)ccc2[nH]1)C1CC1. The molecule has 164 valence electrons. The van der Waals surface area contributed by atoms with E-state index in [1.54, 1.807) is 18.2 Å². The molecule has 4 rings (SSSR count). The summed E-state index contributed by atoms with van der Waals surface area (Å²) in [7, 11) is -4.01. The van der Waals surface area contributed by atoms with Crippen LogP contribution in [0.2, 0.25) is 0 Å². The van der Waals surface area contributed by atoms with Crippen LogP contribution in [0.1, 0.15) is 25.7 Å². The Hall–Kier alpha value is -3.11. The smallest absolute Gasteiger partial charge is 0.339 e. The second kappa shape index (κ2) is 8.94. The summed E-state index contributed by atoms with van der Waals surface area (Å²) in [6.07, 6.45) is 3.31. The molecule has 0 spiro atoms. The van der Waals surface area contributed by atoms with Gasteiger partial charge in [0.2, 0.25) is 11.9 Å². The zero-order chi connectivity index (χ0) is 21.8. The Kier molecular flexibility index (Phi) is 6.10. The number of unbranched alkanes of at least 4 members (excludes halogenated alkanes) is 1. The van der Waals surface area contributed by atoms with E-state index in [2.05, 4.69) is 20.6 Å². The summed E-state index contributed by atoms with van der Waals surface area (Å²) in [5.41, 5.74) is 1.93. The Morgan fingerprint density at radius 2 is 1.94 bits per heavy atom. The van der Waals surface area contributed by atoms with E-state index in [0.29, 0.717) is 29.9 Å². The van der Waals surface area contributed by atoms with E-state index >= 15 is 0 Å². The van der Waals surface area contributed by atoms with Crippen molar-refractivity contribution >= 4 is 38.7 Å². The van der Waals surface area contributed by atoms with Crippen LogP contribution in [-0.4, -0.2) is 42.6 Å². The molecule has 0 unspecified atom stereocenters. The molecule has 0 saturated heterocycles. The van der Waals surface area contributed by atoms with Crippen molar-refractivity contribution in [3.8, 4) is 5.75 Å². The highest BCUT2D eigenvalue weighted by atomic mass is 32.2. The highest BCUT2D eigenvalue weighted by molar-refractivity contribution is 7.87. The number of aromatic nitrogens is 2. The number of amides is 1. The van der Waals surface area contributed by atoms with Crippen LogP contribution in [0.3, 0.4) is 0 Å². The van der Waals surface area contributed by atoms with Gasteiger partial charge >= 0.3 is 10.1 Å². The van der Waals surface area contributed by atoms with Crippen LogP contribution in [0, 0.1) is 5.92 Å². The highest BCUT2D eigenvalue weighted by Crippen LogP contribution is 2.30. The van der Waals surface area contributed by atoms with E-state index in [1.807, 2.05) is 0 Å². The van der Waals surface area contributed by atoms with Crippen LogP contribution < -0.4 is 14.8 Å². The number of aromatic amines is 1. The van der Waals surface area contributed by atoms with Gasteiger partial charge < -0.3 is 19.6 Å². The quantitative estimate of drug-likeness (QED) is 0.279. The highest BCUT2D eigenvalue weighted by Gasteiger charge is 2.30. The van der Waals surface area contributed by atoms with Gasteiger partial charge in [-0.2, -0.15) is 8.42 Å². The second-order valence-electron chi connectivity index (χ2n) is 7.45. The zero-order valence-corrected chi connectivity index (χ0v) is 17.6. The van der Waals surface area contributed by atoms with Gasteiger partial charge in [-0.3, -0.25) is 10.1 Å². The predicted octanol–water partition coefficient (Wildman–Crippen LogP) is 2.86. The lowest BCUT2D eigenvalue weighted by molar-refractivity contribution is -0.117. The van der Waals surface area contributed by atoms with Crippen molar-refractivity contribution in [3.63, 3.8) is 0 Å². The van der Waals surface area contributed by atoms with Crippen molar-refractivity contribution < 1.29 is 22.5 Å². The van der Waals surface area contributed by atoms with Gasteiger partial charge in [0.1, 0.15) is 10.6 Å². The van der Waals surface area contributed by atoms with Gasteiger partial charge in [-0.1, -0.05) is 0 Å². The maximum atomic E-state index is 12.6. The molecule has 0 bridgehead atoms. The number of imidazole rings is 1.